The van der Waals surface area contributed by atoms with E-state index in [2.05, 4.69) is 0 Å². The van der Waals surface area contributed by atoms with E-state index in [0.29, 0.717) is 17.4 Å². The molecule has 0 heterocycles. The van der Waals surface area contributed by atoms with Crippen LogP contribution in [0.1, 0.15) is 33.6 Å². The summed E-state index contributed by atoms with van der Waals surface area (Å²) in [6.07, 6.45) is 1.33. The summed E-state index contributed by atoms with van der Waals surface area (Å²) in [5.41, 5.74) is 0. The molecule has 0 fully saturated rings. The van der Waals surface area contributed by atoms with Gasteiger partial charge in [0.05, 0.1) is 0 Å². The highest BCUT2D eigenvalue weighted by atomic mass is 16.5. The van der Waals surface area contributed by atoms with Crippen LogP contribution in [0.3, 0.4) is 0 Å². The fraction of sp³-hybridized carbons (Fsp3) is 0.875. The molecule has 0 rings (SSSR count). The second-order valence-corrected chi connectivity index (χ2v) is 2.81. The van der Waals surface area contributed by atoms with Crippen LogP contribution in [0.4, 0.5) is 0 Å². The third-order valence-corrected chi connectivity index (χ3v) is 1.79. The molecular weight excluding hydrogens is 142 g/mol. The maximum atomic E-state index is 11.0. The summed E-state index contributed by atoms with van der Waals surface area (Å²) < 4.78 is 0. The predicted molar refractivity (Wildman–Crippen MR) is 44.8 cm³/mol. The van der Waals surface area contributed by atoms with Crippen molar-refractivity contribution in [1.82, 2.24) is 5.06 Å². The molecule has 0 aromatic heterocycles. The molecule has 11 heavy (non-hydrogen) atoms. The number of carbonyl (C=O) groups is 1. The first kappa shape index (κ1) is 10.4. The molecule has 0 aliphatic carbocycles. The summed E-state index contributed by atoms with van der Waals surface area (Å²) in [7, 11) is 0. The molecule has 0 aromatic carbocycles. The average molecular weight is 158 g/mol. The Morgan fingerprint density at radius 2 is 2.09 bits per heavy atom. The molecule has 0 N–H and O–H groups in total. The van der Waals surface area contributed by atoms with Crippen LogP contribution < -0.4 is 0 Å². The van der Waals surface area contributed by atoms with Gasteiger partial charge in [-0.1, -0.05) is 20.3 Å². The number of hydrogen-bond donors (Lipinski definition) is 0. The summed E-state index contributed by atoms with van der Waals surface area (Å²) in [4.78, 5) is 11.0. The van der Waals surface area contributed by atoms with Crippen LogP contribution in [-0.2, 0) is 4.79 Å². The lowest BCUT2D eigenvalue weighted by Gasteiger charge is -2.27. The van der Waals surface area contributed by atoms with E-state index in [4.69, 9.17) is 0 Å². The molecule has 66 valence electrons. The summed E-state index contributed by atoms with van der Waals surface area (Å²) >= 11 is 0. The van der Waals surface area contributed by atoms with E-state index >= 15 is 0 Å². The second kappa shape index (κ2) is 5.13. The molecule has 0 saturated heterocycles. The van der Waals surface area contributed by atoms with Crippen molar-refractivity contribution in [3.63, 3.8) is 0 Å². The number of rotatable bonds is 4. The summed E-state index contributed by atoms with van der Waals surface area (Å²) in [5.74, 6) is 0.0346. The van der Waals surface area contributed by atoms with Crippen molar-refractivity contribution >= 4 is 5.91 Å². The highest BCUT2D eigenvalue weighted by Gasteiger charge is 2.06. The van der Waals surface area contributed by atoms with Crippen LogP contribution in [0.2, 0.25) is 0 Å². The van der Waals surface area contributed by atoms with Crippen molar-refractivity contribution in [2.45, 2.75) is 33.6 Å². The molecule has 0 bridgehead atoms. The van der Waals surface area contributed by atoms with Crippen LogP contribution >= 0.6 is 0 Å². The summed E-state index contributed by atoms with van der Waals surface area (Å²) in [5, 5.41) is 11.3. The molecule has 0 spiro atoms. The lowest BCUT2D eigenvalue weighted by molar-refractivity contribution is -0.129. The van der Waals surface area contributed by atoms with Crippen LogP contribution in [0, 0.1) is 11.1 Å². The van der Waals surface area contributed by atoms with E-state index in [-0.39, 0.29) is 12.5 Å². The zero-order valence-electron chi connectivity index (χ0n) is 7.46. The van der Waals surface area contributed by atoms with Crippen LogP contribution in [0.25, 0.3) is 0 Å². The Hall–Kier alpha value is -0.570. The summed E-state index contributed by atoms with van der Waals surface area (Å²) in [6.45, 7) is 5.93. The smallest absolute Gasteiger partial charge is 0.212 e. The fourth-order valence-corrected chi connectivity index (χ4v) is 0.721. The molecule has 1 atom stereocenters. The molecule has 0 saturated carbocycles. The molecule has 0 aromatic rings. The standard InChI is InChI=1S/C8H16NO2/c1-4-7(3)6-8(10)9(11)5-2/h7H,4-6H2,1-3H3/q-1. The quantitative estimate of drug-likeness (QED) is 0.585. The van der Waals surface area contributed by atoms with Gasteiger partial charge in [-0.2, -0.15) is 0 Å². The van der Waals surface area contributed by atoms with Crippen LogP contribution in [0.5, 0.6) is 0 Å². The van der Waals surface area contributed by atoms with E-state index in [1.54, 1.807) is 6.92 Å². The number of amides is 1. The van der Waals surface area contributed by atoms with Gasteiger partial charge in [-0.05, 0) is 12.8 Å². The molecule has 0 radical (unpaired) electrons. The minimum atomic E-state index is -0.290. The first-order chi connectivity index (χ1) is 5.11. The minimum Gasteiger partial charge on any atom is -0.756 e. The number of carbonyl (C=O) groups excluding carboxylic acids is 1. The predicted octanol–water partition coefficient (Wildman–Crippen LogP) is 1.77. The van der Waals surface area contributed by atoms with Crippen molar-refractivity contribution in [3.05, 3.63) is 5.21 Å². The third kappa shape index (κ3) is 3.98. The zero-order chi connectivity index (χ0) is 8.85. The van der Waals surface area contributed by atoms with Gasteiger partial charge in [0.2, 0.25) is 5.91 Å². The van der Waals surface area contributed by atoms with Gasteiger partial charge in [-0.15, -0.1) is 0 Å². The largest absolute Gasteiger partial charge is 0.756 e. The molecular formula is C8H16NO2-. The zero-order valence-corrected chi connectivity index (χ0v) is 7.46. The van der Waals surface area contributed by atoms with E-state index < -0.39 is 0 Å². The van der Waals surface area contributed by atoms with Crippen molar-refractivity contribution in [3.8, 4) is 0 Å². The highest BCUT2D eigenvalue weighted by Crippen LogP contribution is 2.07. The van der Waals surface area contributed by atoms with Crippen LogP contribution in [0.15, 0.2) is 0 Å². The number of nitrogens with zero attached hydrogens (tertiary/aromatic N) is 1. The Bertz CT molecular complexity index is 125. The highest BCUT2D eigenvalue weighted by molar-refractivity contribution is 5.76. The van der Waals surface area contributed by atoms with Crippen molar-refractivity contribution in [1.29, 1.82) is 0 Å². The Labute approximate surface area is 68.0 Å². The maximum absolute atomic E-state index is 11.0. The Kier molecular flexibility index (Phi) is 4.86. The Balaban J connectivity index is 3.68. The number of hydrogen-bond acceptors (Lipinski definition) is 2. The second-order valence-electron chi connectivity index (χ2n) is 2.81. The first-order valence-corrected chi connectivity index (χ1v) is 4.09. The van der Waals surface area contributed by atoms with Gasteiger partial charge in [0.25, 0.3) is 0 Å². The van der Waals surface area contributed by atoms with E-state index in [9.17, 15) is 10.0 Å². The minimum absolute atomic E-state index is 0.259. The molecule has 1 unspecified atom stereocenters. The van der Waals surface area contributed by atoms with Gasteiger partial charge >= 0.3 is 0 Å². The normalized spacial score (nSPS) is 12.7. The fourth-order valence-electron chi connectivity index (χ4n) is 0.721. The van der Waals surface area contributed by atoms with Gasteiger partial charge in [-0.25, -0.2) is 0 Å². The average Bonchev–Trinajstić information content (AvgIpc) is 2.02. The molecule has 0 aliphatic heterocycles. The van der Waals surface area contributed by atoms with E-state index in [1.807, 2.05) is 13.8 Å². The van der Waals surface area contributed by atoms with Gasteiger partial charge < -0.3 is 10.3 Å². The van der Waals surface area contributed by atoms with E-state index in [1.165, 1.54) is 0 Å². The van der Waals surface area contributed by atoms with Gasteiger partial charge in [0.15, 0.2) is 0 Å². The summed E-state index contributed by atoms with van der Waals surface area (Å²) in [6, 6.07) is 0. The topological polar surface area (TPSA) is 43.4 Å². The Morgan fingerprint density at radius 3 is 2.45 bits per heavy atom. The SMILES string of the molecule is CCC(C)CC(=O)N([O-])CC. The maximum Gasteiger partial charge on any atom is 0.212 e. The molecule has 3 nitrogen and oxygen atoms in total. The number of hydroxylamine groups is 2. The van der Waals surface area contributed by atoms with Gasteiger partial charge in [-0.3, -0.25) is 4.79 Å². The lowest BCUT2D eigenvalue weighted by atomic mass is 10.1. The lowest BCUT2D eigenvalue weighted by Crippen LogP contribution is -2.25. The van der Waals surface area contributed by atoms with Gasteiger partial charge in [0, 0.05) is 13.0 Å². The Morgan fingerprint density at radius 1 is 1.55 bits per heavy atom. The van der Waals surface area contributed by atoms with Crippen molar-refractivity contribution in [2.24, 2.45) is 5.92 Å². The molecule has 3 heteroatoms. The van der Waals surface area contributed by atoms with Gasteiger partial charge in [0.1, 0.15) is 0 Å². The first-order valence-electron chi connectivity index (χ1n) is 4.09. The van der Waals surface area contributed by atoms with Crippen molar-refractivity contribution in [2.75, 3.05) is 6.54 Å². The molecule has 0 aliphatic rings. The van der Waals surface area contributed by atoms with Crippen LogP contribution in [-0.4, -0.2) is 17.5 Å². The third-order valence-electron chi connectivity index (χ3n) is 1.79. The van der Waals surface area contributed by atoms with Crippen molar-refractivity contribution < 1.29 is 4.79 Å². The monoisotopic (exact) mass is 158 g/mol. The molecule has 1 amide bonds. The van der Waals surface area contributed by atoms with E-state index in [0.717, 1.165) is 6.42 Å².